The number of aliphatic hydroxyl groups is 2. The number of aryl methyl sites for hydroxylation is 1. The van der Waals surface area contributed by atoms with Gasteiger partial charge in [-0.1, -0.05) is 48.6 Å². The first-order valence-corrected chi connectivity index (χ1v) is 10.1. The Morgan fingerprint density at radius 2 is 1.85 bits per heavy atom. The van der Waals surface area contributed by atoms with Crippen molar-refractivity contribution in [2.45, 2.75) is 63.3 Å². The van der Waals surface area contributed by atoms with E-state index in [2.05, 4.69) is 24.3 Å². The van der Waals surface area contributed by atoms with Gasteiger partial charge in [-0.3, -0.25) is 4.79 Å². The number of carbonyl (C=O) groups excluding carboxylic acids is 1. The van der Waals surface area contributed by atoms with E-state index in [0.717, 1.165) is 25.7 Å². The number of benzene rings is 1. The lowest BCUT2D eigenvalue weighted by Gasteiger charge is -2.20. The van der Waals surface area contributed by atoms with Gasteiger partial charge in [0.15, 0.2) is 0 Å². The Kier molecular flexibility index (Phi) is 7.25. The molecule has 1 aliphatic heterocycles. The Morgan fingerprint density at radius 3 is 2.67 bits per heavy atom. The zero-order valence-corrected chi connectivity index (χ0v) is 15.7. The molecule has 1 aromatic carbocycles. The van der Waals surface area contributed by atoms with Gasteiger partial charge in [-0.15, -0.1) is 0 Å². The van der Waals surface area contributed by atoms with E-state index in [1.54, 1.807) is 0 Å². The maximum Gasteiger partial charge on any atom is 0.306 e. The van der Waals surface area contributed by atoms with E-state index in [0.29, 0.717) is 19.3 Å². The maximum absolute atomic E-state index is 12.2. The minimum atomic E-state index is -0.551. The van der Waals surface area contributed by atoms with Crippen LogP contribution in [0.2, 0.25) is 0 Å². The topological polar surface area (TPSA) is 66.8 Å². The second kappa shape index (κ2) is 9.86. The second-order valence-corrected chi connectivity index (χ2v) is 7.65. The van der Waals surface area contributed by atoms with Crippen molar-refractivity contribution in [3.8, 4) is 0 Å². The van der Waals surface area contributed by atoms with Gasteiger partial charge >= 0.3 is 5.97 Å². The van der Waals surface area contributed by atoms with Crippen LogP contribution in [0.3, 0.4) is 0 Å². The van der Waals surface area contributed by atoms with E-state index >= 15 is 0 Å². The molecule has 5 atom stereocenters. The Labute approximate surface area is 161 Å². The van der Waals surface area contributed by atoms with Crippen molar-refractivity contribution in [2.24, 2.45) is 11.8 Å². The number of aliphatic hydroxyl groups excluding tert-OH is 2. The van der Waals surface area contributed by atoms with Gasteiger partial charge in [0.25, 0.3) is 0 Å². The highest BCUT2D eigenvalue weighted by atomic mass is 16.5. The number of esters is 1. The molecule has 3 unspecified atom stereocenters. The van der Waals surface area contributed by atoms with Gasteiger partial charge in [-0.05, 0) is 49.7 Å². The summed E-state index contributed by atoms with van der Waals surface area (Å²) in [5.41, 5.74) is 1.21. The lowest BCUT2D eigenvalue weighted by Crippen LogP contribution is -2.21. The fourth-order valence-electron chi connectivity index (χ4n) is 4.07. The number of allylic oxidation sites excluding steroid dienone is 2. The lowest BCUT2D eigenvalue weighted by atomic mass is 9.89. The average molecular weight is 370 g/mol. The molecule has 1 saturated carbocycles. The molecule has 4 heteroatoms. The third-order valence-electron chi connectivity index (χ3n) is 5.63. The lowest BCUT2D eigenvalue weighted by molar-refractivity contribution is -0.147. The third kappa shape index (κ3) is 5.78. The number of cyclic esters (lactones) is 1. The molecule has 0 amide bonds. The quantitative estimate of drug-likeness (QED) is 0.630. The molecule has 0 bridgehead atoms. The van der Waals surface area contributed by atoms with Gasteiger partial charge in [-0.25, -0.2) is 0 Å². The van der Waals surface area contributed by atoms with Crippen LogP contribution in [0, 0.1) is 11.8 Å². The minimum absolute atomic E-state index is 0.0127. The van der Waals surface area contributed by atoms with Crippen LogP contribution in [0.5, 0.6) is 0 Å². The molecule has 2 aliphatic rings. The maximum atomic E-state index is 12.2. The van der Waals surface area contributed by atoms with E-state index < -0.39 is 12.2 Å². The average Bonchev–Trinajstić information content (AvgIpc) is 2.94. The Bertz CT molecular complexity index is 652. The van der Waals surface area contributed by atoms with Crippen molar-refractivity contribution in [1.29, 1.82) is 0 Å². The van der Waals surface area contributed by atoms with Gasteiger partial charge in [0, 0.05) is 18.8 Å². The van der Waals surface area contributed by atoms with Gasteiger partial charge in [0.05, 0.1) is 12.2 Å². The standard InChI is InChI=1S/C23H30O4/c24-21-16-22(25)20-15-14-18(13-12-17-8-4-3-5-9-17)27-23(26)11-7-2-1-6-10-19(20)21/h1,3-6,8-9,14-15,18-22,24-25H,2,7,10-13,16H2/b6-1-,15-14-/t18-,19+,20?,21?,22?/m0/s1. The number of hydrogen-bond acceptors (Lipinski definition) is 4. The first-order valence-electron chi connectivity index (χ1n) is 10.1. The summed E-state index contributed by atoms with van der Waals surface area (Å²) in [4.78, 5) is 12.2. The highest BCUT2D eigenvalue weighted by Gasteiger charge is 2.39. The van der Waals surface area contributed by atoms with Crippen LogP contribution in [0.15, 0.2) is 54.6 Å². The van der Waals surface area contributed by atoms with E-state index in [-0.39, 0.29) is 23.9 Å². The van der Waals surface area contributed by atoms with Gasteiger partial charge < -0.3 is 14.9 Å². The molecule has 0 radical (unpaired) electrons. The van der Waals surface area contributed by atoms with Crippen molar-refractivity contribution in [3.63, 3.8) is 0 Å². The Hall–Kier alpha value is -1.91. The van der Waals surface area contributed by atoms with Crippen LogP contribution in [-0.2, 0) is 16.0 Å². The Balaban J connectivity index is 1.73. The van der Waals surface area contributed by atoms with Crippen LogP contribution in [0.4, 0.5) is 0 Å². The Morgan fingerprint density at radius 1 is 1.04 bits per heavy atom. The van der Waals surface area contributed by atoms with E-state index in [9.17, 15) is 15.0 Å². The van der Waals surface area contributed by atoms with E-state index in [1.807, 2.05) is 30.4 Å². The SMILES string of the molecule is O=C1CCC/C=C\C[C@H]2C(O)CC(O)C2/C=C\[C@H](CCc2ccccc2)O1. The molecule has 1 aliphatic carbocycles. The van der Waals surface area contributed by atoms with Crippen LogP contribution in [0.1, 0.15) is 44.1 Å². The first-order chi connectivity index (χ1) is 13.1. The summed E-state index contributed by atoms with van der Waals surface area (Å²) in [6.07, 6.45) is 11.4. The fraction of sp³-hybridized carbons (Fsp3) is 0.522. The zero-order chi connectivity index (χ0) is 19.1. The molecule has 0 saturated heterocycles. The van der Waals surface area contributed by atoms with Crippen LogP contribution in [0.25, 0.3) is 0 Å². The predicted molar refractivity (Wildman–Crippen MR) is 105 cm³/mol. The predicted octanol–water partition coefficient (Wildman–Crippen LogP) is 3.58. The van der Waals surface area contributed by atoms with E-state index in [4.69, 9.17) is 4.74 Å². The number of hydrogen-bond donors (Lipinski definition) is 2. The van der Waals surface area contributed by atoms with Crippen LogP contribution >= 0.6 is 0 Å². The normalized spacial score (nSPS) is 34.4. The number of rotatable bonds is 3. The minimum Gasteiger partial charge on any atom is -0.458 e. The zero-order valence-electron chi connectivity index (χ0n) is 15.7. The van der Waals surface area contributed by atoms with Crippen LogP contribution < -0.4 is 0 Å². The van der Waals surface area contributed by atoms with Crippen molar-refractivity contribution in [2.75, 3.05) is 0 Å². The fourth-order valence-corrected chi connectivity index (χ4v) is 4.07. The summed E-state index contributed by atoms with van der Waals surface area (Å²) in [7, 11) is 0. The molecule has 4 nitrogen and oxygen atoms in total. The van der Waals surface area contributed by atoms with Gasteiger partial charge in [0.2, 0.25) is 0 Å². The molecule has 2 N–H and O–H groups in total. The second-order valence-electron chi connectivity index (χ2n) is 7.65. The number of carbonyl (C=O) groups is 1. The summed E-state index contributed by atoms with van der Waals surface area (Å²) < 4.78 is 5.70. The summed E-state index contributed by atoms with van der Waals surface area (Å²) in [5, 5.41) is 20.7. The number of fused-ring (bicyclic) bond motifs is 1. The van der Waals surface area contributed by atoms with E-state index in [1.165, 1.54) is 5.56 Å². The summed E-state index contributed by atoms with van der Waals surface area (Å²) in [6, 6.07) is 10.2. The molecule has 1 heterocycles. The van der Waals surface area contributed by atoms with Crippen molar-refractivity contribution >= 4 is 5.97 Å². The molecular formula is C23H30O4. The van der Waals surface area contributed by atoms with Crippen molar-refractivity contribution in [3.05, 3.63) is 60.2 Å². The summed E-state index contributed by atoms with van der Waals surface area (Å²) in [5.74, 6) is -0.268. The highest BCUT2D eigenvalue weighted by molar-refractivity contribution is 5.69. The molecule has 1 aromatic rings. The monoisotopic (exact) mass is 370 g/mol. The van der Waals surface area contributed by atoms with Gasteiger partial charge in [0.1, 0.15) is 6.10 Å². The molecule has 1 fully saturated rings. The van der Waals surface area contributed by atoms with Crippen molar-refractivity contribution in [1.82, 2.24) is 0 Å². The number of ether oxygens (including phenoxy) is 1. The molecular weight excluding hydrogens is 340 g/mol. The first kappa shape index (κ1) is 19.8. The van der Waals surface area contributed by atoms with Gasteiger partial charge in [-0.2, -0.15) is 0 Å². The van der Waals surface area contributed by atoms with Crippen LogP contribution in [-0.4, -0.2) is 34.5 Å². The largest absolute Gasteiger partial charge is 0.458 e. The summed E-state index contributed by atoms with van der Waals surface area (Å²) >= 11 is 0. The molecule has 0 spiro atoms. The highest BCUT2D eigenvalue weighted by Crippen LogP contribution is 2.36. The third-order valence-corrected chi connectivity index (χ3v) is 5.63. The van der Waals surface area contributed by atoms with Crippen molar-refractivity contribution < 1.29 is 19.7 Å². The molecule has 27 heavy (non-hydrogen) atoms. The molecule has 3 rings (SSSR count). The molecule has 0 aromatic heterocycles. The molecule has 146 valence electrons. The smallest absolute Gasteiger partial charge is 0.306 e. The summed E-state index contributed by atoms with van der Waals surface area (Å²) in [6.45, 7) is 0.